The van der Waals surface area contributed by atoms with E-state index in [1.807, 2.05) is 17.5 Å². The van der Waals surface area contributed by atoms with Crippen LogP contribution in [0.5, 0.6) is 5.75 Å². The van der Waals surface area contributed by atoms with Crippen LogP contribution in [0.1, 0.15) is 12.3 Å². The van der Waals surface area contributed by atoms with Crippen LogP contribution in [0.15, 0.2) is 40.2 Å². The number of amides is 1. The van der Waals surface area contributed by atoms with E-state index in [1.54, 1.807) is 0 Å². The summed E-state index contributed by atoms with van der Waals surface area (Å²) >= 11 is 2.53. The molecule has 0 saturated heterocycles. The number of ether oxygens (including phenoxy) is 1. The topological polar surface area (TPSA) is 90.1 Å². The minimum Gasteiger partial charge on any atom is -0.406 e. The average molecular weight is 440 g/mol. The van der Waals surface area contributed by atoms with E-state index in [9.17, 15) is 18.0 Å². The van der Waals surface area contributed by atoms with Gasteiger partial charge in [0.2, 0.25) is 17.6 Å². The number of nitrogens with one attached hydrogen (secondary N) is 1. The second kappa shape index (κ2) is 7.79. The fourth-order valence-electron chi connectivity index (χ4n) is 2.42. The molecule has 150 valence electrons. The van der Waals surface area contributed by atoms with Crippen LogP contribution in [0.3, 0.4) is 0 Å². The number of alkyl halides is 3. The van der Waals surface area contributed by atoms with Crippen molar-refractivity contribution >= 4 is 43.9 Å². The molecule has 4 rings (SSSR count). The fraction of sp³-hybridized carbons (Fsp3) is 0.176. The van der Waals surface area contributed by atoms with Gasteiger partial charge in [-0.25, -0.2) is 4.98 Å². The first-order valence-electron chi connectivity index (χ1n) is 8.18. The highest BCUT2D eigenvalue weighted by Crippen LogP contribution is 2.31. The molecule has 1 aromatic carbocycles. The molecule has 3 aromatic heterocycles. The van der Waals surface area contributed by atoms with Crippen molar-refractivity contribution in [1.29, 1.82) is 0 Å². The Morgan fingerprint density at radius 1 is 1.24 bits per heavy atom. The van der Waals surface area contributed by atoms with Crippen molar-refractivity contribution in [3.8, 4) is 16.5 Å². The molecular weight excluding hydrogens is 429 g/mol. The smallest absolute Gasteiger partial charge is 0.406 e. The molecule has 7 nitrogen and oxygen atoms in total. The Kier molecular flexibility index (Phi) is 5.20. The predicted octanol–water partition coefficient (Wildman–Crippen LogP) is 4.88. The molecule has 0 bridgehead atoms. The molecule has 3 heterocycles. The number of halogens is 3. The van der Waals surface area contributed by atoms with Crippen molar-refractivity contribution in [2.45, 2.75) is 19.2 Å². The molecule has 0 fully saturated rings. The summed E-state index contributed by atoms with van der Waals surface area (Å²) in [5, 5.41) is 8.67. The number of carbonyl (C=O) groups excluding carboxylic acids is 1. The molecule has 1 N–H and O–H groups in total. The van der Waals surface area contributed by atoms with Gasteiger partial charge in [0, 0.05) is 18.9 Å². The van der Waals surface area contributed by atoms with E-state index in [1.165, 1.54) is 29.5 Å². The zero-order valence-corrected chi connectivity index (χ0v) is 16.0. The third-order valence-electron chi connectivity index (χ3n) is 3.62. The second-order valence-corrected chi connectivity index (χ2v) is 7.71. The van der Waals surface area contributed by atoms with E-state index < -0.39 is 6.36 Å². The number of rotatable bonds is 6. The largest absolute Gasteiger partial charge is 0.573 e. The third kappa shape index (κ3) is 4.90. The van der Waals surface area contributed by atoms with Crippen LogP contribution in [-0.2, 0) is 11.2 Å². The van der Waals surface area contributed by atoms with Crippen LogP contribution in [0, 0.1) is 0 Å². The molecule has 0 saturated carbocycles. The first kappa shape index (κ1) is 19.3. The number of anilines is 1. The summed E-state index contributed by atoms with van der Waals surface area (Å²) in [5.41, 5.74) is 0.456. The van der Waals surface area contributed by atoms with Crippen LogP contribution < -0.4 is 10.1 Å². The minimum absolute atomic E-state index is 0.0877. The summed E-state index contributed by atoms with van der Waals surface area (Å²) in [6, 6.07) is 7.53. The Morgan fingerprint density at radius 2 is 2.10 bits per heavy atom. The SMILES string of the molecule is O=C(CCc1nc(-c2cccs2)no1)Nc1nc2ccc(OC(F)(F)F)cc2s1. The number of benzene rings is 1. The van der Waals surface area contributed by atoms with Gasteiger partial charge in [0.1, 0.15) is 5.75 Å². The third-order valence-corrected chi connectivity index (χ3v) is 5.41. The maximum atomic E-state index is 12.3. The number of aryl methyl sites for hydroxylation is 1. The van der Waals surface area contributed by atoms with Gasteiger partial charge < -0.3 is 14.6 Å². The minimum atomic E-state index is -4.77. The molecule has 0 aliphatic carbocycles. The highest BCUT2D eigenvalue weighted by Gasteiger charge is 2.31. The predicted molar refractivity (Wildman–Crippen MR) is 101 cm³/mol. The molecule has 29 heavy (non-hydrogen) atoms. The number of hydrogen-bond acceptors (Lipinski definition) is 8. The summed E-state index contributed by atoms with van der Waals surface area (Å²) < 4.78 is 46.4. The van der Waals surface area contributed by atoms with E-state index in [2.05, 4.69) is 25.2 Å². The second-order valence-electron chi connectivity index (χ2n) is 5.73. The summed E-state index contributed by atoms with van der Waals surface area (Å²) in [7, 11) is 0. The number of hydrogen-bond donors (Lipinski definition) is 1. The lowest BCUT2D eigenvalue weighted by Crippen LogP contribution is -2.16. The van der Waals surface area contributed by atoms with E-state index in [0.717, 1.165) is 16.2 Å². The number of fused-ring (bicyclic) bond motifs is 1. The molecule has 1 amide bonds. The first-order chi connectivity index (χ1) is 13.9. The molecule has 4 aromatic rings. The van der Waals surface area contributed by atoms with Gasteiger partial charge in [0.25, 0.3) is 0 Å². The summed E-state index contributed by atoms with van der Waals surface area (Å²) in [6.07, 6.45) is -4.43. The fourth-order valence-corrected chi connectivity index (χ4v) is 3.98. The van der Waals surface area contributed by atoms with Crippen molar-refractivity contribution in [2.75, 3.05) is 5.32 Å². The molecule has 0 atom stereocenters. The van der Waals surface area contributed by atoms with Crippen molar-refractivity contribution < 1.29 is 27.2 Å². The molecular formula is C17H11F3N4O3S2. The van der Waals surface area contributed by atoms with Gasteiger partial charge in [0.05, 0.1) is 15.1 Å². The van der Waals surface area contributed by atoms with E-state index in [4.69, 9.17) is 4.52 Å². The van der Waals surface area contributed by atoms with Gasteiger partial charge in [-0.15, -0.1) is 24.5 Å². The average Bonchev–Trinajstić information content (AvgIpc) is 3.38. The quantitative estimate of drug-likeness (QED) is 0.460. The standard InChI is InChI=1S/C17H11F3N4O3S2/c18-17(19,20)26-9-3-4-10-12(8-9)29-16(21-10)22-13(25)5-6-14-23-15(24-27-14)11-2-1-7-28-11/h1-4,7-8H,5-6H2,(H,21,22,25). The summed E-state index contributed by atoms with van der Waals surface area (Å²) in [5.74, 6) is 0.136. The molecule has 0 radical (unpaired) electrons. The van der Waals surface area contributed by atoms with Crippen LogP contribution in [0.25, 0.3) is 20.9 Å². The molecule has 0 aliphatic heterocycles. The zero-order chi connectivity index (χ0) is 20.4. The Bertz CT molecular complexity index is 1140. The maximum absolute atomic E-state index is 12.3. The molecule has 0 spiro atoms. The van der Waals surface area contributed by atoms with Gasteiger partial charge >= 0.3 is 6.36 Å². The first-order valence-corrected chi connectivity index (χ1v) is 9.88. The Labute approximate surface area is 169 Å². The van der Waals surface area contributed by atoms with Gasteiger partial charge in [0.15, 0.2) is 5.13 Å². The van der Waals surface area contributed by atoms with Gasteiger partial charge in [-0.05, 0) is 23.6 Å². The van der Waals surface area contributed by atoms with E-state index >= 15 is 0 Å². The van der Waals surface area contributed by atoms with Crippen LogP contribution in [0.2, 0.25) is 0 Å². The van der Waals surface area contributed by atoms with E-state index in [-0.39, 0.29) is 29.6 Å². The van der Waals surface area contributed by atoms with E-state index in [0.29, 0.717) is 21.9 Å². The summed E-state index contributed by atoms with van der Waals surface area (Å²) in [4.78, 5) is 21.4. The summed E-state index contributed by atoms with van der Waals surface area (Å²) in [6.45, 7) is 0. The molecule has 0 aliphatic rings. The van der Waals surface area contributed by atoms with Gasteiger partial charge in [-0.1, -0.05) is 22.6 Å². The van der Waals surface area contributed by atoms with Gasteiger partial charge in [-0.2, -0.15) is 4.98 Å². The highest BCUT2D eigenvalue weighted by atomic mass is 32.1. The Morgan fingerprint density at radius 3 is 2.86 bits per heavy atom. The monoisotopic (exact) mass is 440 g/mol. The number of thiophene rings is 1. The Balaban J connectivity index is 1.36. The lowest BCUT2D eigenvalue weighted by atomic mass is 10.3. The maximum Gasteiger partial charge on any atom is 0.573 e. The van der Waals surface area contributed by atoms with Crippen molar-refractivity contribution in [3.63, 3.8) is 0 Å². The van der Waals surface area contributed by atoms with Gasteiger partial charge in [-0.3, -0.25) is 4.79 Å². The highest BCUT2D eigenvalue weighted by molar-refractivity contribution is 7.22. The number of nitrogens with zero attached hydrogens (tertiary/aromatic N) is 3. The van der Waals surface area contributed by atoms with Crippen LogP contribution in [-0.4, -0.2) is 27.4 Å². The normalized spacial score (nSPS) is 11.7. The van der Waals surface area contributed by atoms with Crippen LogP contribution >= 0.6 is 22.7 Å². The zero-order valence-electron chi connectivity index (χ0n) is 14.4. The lowest BCUT2D eigenvalue weighted by Gasteiger charge is -2.07. The molecule has 12 heteroatoms. The van der Waals surface area contributed by atoms with Crippen molar-refractivity contribution in [3.05, 3.63) is 41.6 Å². The van der Waals surface area contributed by atoms with Crippen molar-refractivity contribution in [2.24, 2.45) is 0 Å². The van der Waals surface area contributed by atoms with Crippen LogP contribution in [0.4, 0.5) is 18.3 Å². The number of thiazole rings is 1. The number of carbonyl (C=O) groups is 1. The Hall–Kier alpha value is -2.99. The van der Waals surface area contributed by atoms with Crippen molar-refractivity contribution in [1.82, 2.24) is 15.1 Å². The number of aromatic nitrogens is 3. The lowest BCUT2D eigenvalue weighted by molar-refractivity contribution is -0.274. The molecule has 0 unspecified atom stereocenters.